The molecular formula is C17H24Cl2IN5. The van der Waals surface area contributed by atoms with Crippen molar-refractivity contribution in [2.75, 3.05) is 13.1 Å². The van der Waals surface area contributed by atoms with E-state index in [1.165, 1.54) is 0 Å². The van der Waals surface area contributed by atoms with Crippen LogP contribution in [0.15, 0.2) is 35.6 Å². The molecule has 25 heavy (non-hydrogen) atoms. The number of guanidine groups is 1. The van der Waals surface area contributed by atoms with Crippen molar-refractivity contribution in [1.82, 2.24) is 20.4 Å². The number of halogens is 3. The van der Waals surface area contributed by atoms with Crippen LogP contribution in [0.4, 0.5) is 0 Å². The van der Waals surface area contributed by atoms with E-state index < -0.39 is 0 Å². The van der Waals surface area contributed by atoms with Crippen LogP contribution < -0.4 is 10.6 Å². The second-order valence-electron chi connectivity index (χ2n) is 5.58. The van der Waals surface area contributed by atoms with E-state index in [0.29, 0.717) is 16.6 Å². The van der Waals surface area contributed by atoms with E-state index in [4.69, 9.17) is 23.2 Å². The summed E-state index contributed by atoms with van der Waals surface area (Å²) < 4.78 is 1.89. The standard InChI is InChI=1S/C17H23Cl2N5.HI/c1-4-20-17(21-7-8-24-11-12(2)10-22-24)23-13(3)14-5-6-15(18)16(19)9-14;/h5-6,9-11,13H,4,7-8H2,1-3H3,(H2,20,21,23);1H. The van der Waals surface area contributed by atoms with Crippen molar-refractivity contribution in [3.05, 3.63) is 51.8 Å². The first kappa shape index (κ1) is 22.1. The third kappa shape index (κ3) is 7.03. The summed E-state index contributed by atoms with van der Waals surface area (Å²) in [7, 11) is 0. The second-order valence-corrected chi connectivity index (χ2v) is 6.40. The molecule has 2 rings (SSSR count). The van der Waals surface area contributed by atoms with Gasteiger partial charge >= 0.3 is 0 Å². The van der Waals surface area contributed by atoms with E-state index in [0.717, 1.165) is 30.2 Å². The highest BCUT2D eigenvalue weighted by atomic mass is 127. The lowest BCUT2D eigenvalue weighted by atomic mass is 10.1. The number of nitrogens with one attached hydrogen (secondary N) is 2. The van der Waals surface area contributed by atoms with Crippen molar-refractivity contribution in [1.29, 1.82) is 0 Å². The Kier molecular flexibility index (Phi) is 9.60. The Morgan fingerprint density at radius 1 is 1.32 bits per heavy atom. The lowest BCUT2D eigenvalue weighted by Gasteiger charge is -2.18. The summed E-state index contributed by atoms with van der Waals surface area (Å²) in [6, 6.07) is 5.70. The maximum Gasteiger partial charge on any atom is 0.191 e. The number of rotatable bonds is 6. The molecule has 1 heterocycles. The first-order valence-electron chi connectivity index (χ1n) is 7.98. The molecule has 0 spiro atoms. The van der Waals surface area contributed by atoms with Gasteiger partial charge in [-0.1, -0.05) is 29.3 Å². The van der Waals surface area contributed by atoms with Crippen LogP contribution in [0.2, 0.25) is 10.0 Å². The van der Waals surface area contributed by atoms with Crippen molar-refractivity contribution in [2.45, 2.75) is 33.4 Å². The zero-order valence-corrected chi connectivity index (χ0v) is 18.4. The van der Waals surface area contributed by atoms with Crippen molar-refractivity contribution in [2.24, 2.45) is 4.99 Å². The highest BCUT2D eigenvalue weighted by molar-refractivity contribution is 14.0. The summed E-state index contributed by atoms with van der Waals surface area (Å²) in [6.45, 7) is 8.30. The SMILES string of the molecule is CCNC(=NCCn1cc(C)cn1)NC(C)c1ccc(Cl)c(Cl)c1.I. The Hall–Kier alpha value is -0.990. The zero-order chi connectivity index (χ0) is 17.5. The number of hydrogen-bond donors (Lipinski definition) is 2. The van der Waals surface area contributed by atoms with Crippen LogP contribution in [0, 0.1) is 6.92 Å². The molecule has 2 N–H and O–H groups in total. The molecule has 2 aromatic rings. The van der Waals surface area contributed by atoms with Crippen LogP contribution in [0.1, 0.15) is 31.0 Å². The van der Waals surface area contributed by atoms with E-state index in [-0.39, 0.29) is 30.0 Å². The van der Waals surface area contributed by atoms with Gasteiger partial charge in [0.25, 0.3) is 0 Å². The van der Waals surface area contributed by atoms with E-state index in [1.54, 1.807) is 0 Å². The summed E-state index contributed by atoms with van der Waals surface area (Å²) in [5.74, 6) is 0.764. The maximum atomic E-state index is 6.09. The van der Waals surface area contributed by atoms with Crippen molar-refractivity contribution in [3.63, 3.8) is 0 Å². The van der Waals surface area contributed by atoms with Gasteiger partial charge in [0.15, 0.2) is 5.96 Å². The molecule has 0 saturated carbocycles. The Balaban J connectivity index is 0.00000312. The lowest BCUT2D eigenvalue weighted by Crippen LogP contribution is -2.39. The van der Waals surface area contributed by atoms with Gasteiger partial charge in [-0.05, 0) is 44.0 Å². The summed E-state index contributed by atoms with van der Waals surface area (Å²) >= 11 is 12.1. The van der Waals surface area contributed by atoms with Gasteiger partial charge in [-0.3, -0.25) is 9.67 Å². The molecule has 0 fully saturated rings. The van der Waals surface area contributed by atoms with E-state index in [1.807, 2.05) is 49.1 Å². The van der Waals surface area contributed by atoms with Gasteiger partial charge in [0, 0.05) is 12.7 Å². The van der Waals surface area contributed by atoms with E-state index in [2.05, 4.69) is 27.6 Å². The van der Waals surface area contributed by atoms with Crippen LogP contribution in [0.5, 0.6) is 0 Å². The fourth-order valence-corrected chi connectivity index (χ4v) is 2.55. The summed E-state index contributed by atoms with van der Waals surface area (Å²) in [6.07, 6.45) is 3.85. The first-order chi connectivity index (χ1) is 11.5. The molecule has 138 valence electrons. The molecule has 1 aromatic heterocycles. The average molecular weight is 496 g/mol. The molecule has 1 aromatic carbocycles. The van der Waals surface area contributed by atoms with Crippen LogP contribution in [-0.2, 0) is 6.54 Å². The Bertz CT molecular complexity index is 702. The van der Waals surface area contributed by atoms with Gasteiger partial charge in [0.1, 0.15) is 0 Å². The molecule has 0 aliphatic rings. The van der Waals surface area contributed by atoms with E-state index in [9.17, 15) is 0 Å². The molecule has 1 atom stereocenters. The largest absolute Gasteiger partial charge is 0.357 e. The molecule has 5 nitrogen and oxygen atoms in total. The van der Waals surface area contributed by atoms with Crippen LogP contribution in [0.3, 0.4) is 0 Å². The monoisotopic (exact) mass is 495 g/mol. The van der Waals surface area contributed by atoms with Crippen molar-refractivity contribution >= 4 is 53.1 Å². The quantitative estimate of drug-likeness (QED) is 0.354. The number of aromatic nitrogens is 2. The number of aryl methyl sites for hydroxylation is 1. The lowest BCUT2D eigenvalue weighted by molar-refractivity contribution is 0.617. The summed E-state index contributed by atoms with van der Waals surface area (Å²) in [5.41, 5.74) is 2.20. The zero-order valence-electron chi connectivity index (χ0n) is 14.6. The highest BCUT2D eigenvalue weighted by Crippen LogP contribution is 2.25. The molecule has 0 saturated heterocycles. The Morgan fingerprint density at radius 3 is 2.68 bits per heavy atom. The molecule has 0 amide bonds. The minimum atomic E-state index is 0. The second kappa shape index (κ2) is 10.9. The third-order valence-corrected chi connectivity index (χ3v) is 4.24. The molecule has 0 bridgehead atoms. The molecule has 1 unspecified atom stereocenters. The third-order valence-electron chi connectivity index (χ3n) is 3.50. The van der Waals surface area contributed by atoms with Crippen LogP contribution >= 0.6 is 47.2 Å². The Morgan fingerprint density at radius 2 is 2.08 bits per heavy atom. The number of aliphatic imine (C=N–C) groups is 1. The summed E-state index contributed by atoms with van der Waals surface area (Å²) in [5, 5.41) is 12.0. The van der Waals surface area contributed by atoms with Crippen molar-refractivity contribution in [3.8, 4) is 0 Å². The fourth-order valence-electron chi connectivity index (χ4n) is 2.24. The van der Waals surface area contributed by atoms with Gasteiger partial charge in [0.05, 0.1) is 35.4 Å². The Labute approximate surface area is 176 Å². The van der Waals surface area contributed by atoms with Crippen LogP contribution in [0.25, 0.3) is 0 Å². The number of hydrogen-bond acceptors (Lipinski definition) is 2. The predicted molar refractivity (Wildman–Crippen MR) is 116 cm³/mol. The minimum Gasteiger partial charge on any atom is -0.357 e. The van der Waals surface area contributed by atoms with Gasteiger partial charge < -0.3 is 10.6 Å². The van der Waals surface area contributed by atoms with Crippen molar-refractivity contribution < 1.29 is 0 Å². The first-order valence-corrected chi connectivity index (χ1v) is 8.74. The van der Waals surface area contributed by atoms with Crippen LogP contribution in [-0.4, -0.2) is 28.8 Å². The van der Waals surface area contributed by atoms with E-state index >= 15 is 0 Å². The summed E-state index contributed by atoms with van der Waals surface area (Å²) in [4.78, 5) is 4.60. The fraction of sp³-hybridized carbons (Fsp3) is 0.412. The molecule has 0 aliphatic carbocycles. The highest BCUT2D eigenvalue weighted by Gasteiger charge is 2.09. The molecule has 8 heteroatoms. The molecular weight excluding hydrogens is 472 g/mol. The van der Waals surface area contributed by atoms with Gasteiger partial charge in [-0.15, -0.1) is 24.0 Å². The van der Waals surface area contributed by atoms with Gasteiger partial charge in [-0.25, -0.2) is 0 Å². The predicted octanol–water partition coefficient (Wildman–Crippen LogP) is 4.43. The van der Waals surface area contributed by atoms with Gasteiger partial charge in [-0.2, -0.15) is 5.10 Å². The normalized spacial score (nSPS) is 12.4. The minimum absolute atomic E-state index is 0. The topological polar surface area (TPSA) is 54.2 Å². The van der Waals surface area contributed by atoms with Gasteiger partial charge in [0.2, 0.25) is 0 Å². The number of nitrogens with zero attached hydrogens (tertiary/aromatic N) is 3. The number of benzene rings is 1. The molecule has 0 radical (unpaired) electrons. The smallest absolute Gasteiger partial charge is 0.191 e. The maximum absolute atomic E-state index is 6.09. The average Bonchev–Trinajstić information content (AvgIpc) is 2.95. The molecule has 0 aliphatic heterocycles.